The van der Waals surface area contributed by atoms with Gasteiger partial charge in [-0.2, -0.15) is 16.8 Å². The predicted octanol–water partition coefficient (Wildman–Crippen LogP) is 3.61. The minimum absolute atomic E-state index is 0.0737. The molecule has 0 saturated carbocycles. The minimum atomic E-state index is -4.90. The second-order valence-electron chi connectivity index (χ2n) is 8.12. The second kappa shape index (κ2) is 11.1. The van der Waals surface area contributed by atoms with Gasteiger partial charge in [-0.3, -0.25) is 9.11 Å². The third-order valence-corrected chi connectivity index (χ3v) is 10.0. The van der Waals surface area contributed by atoms with Crippen LogP contribution >= 0.6 is 22.6 Å². The number of fused-ring (bicyclic) bond motifs is 1. The smallest absolute Gasteiger partial charge is 0.397 e. The SMILES string of the molecule is COc1cc(S(=O)(=O)CCOS(=O)(=O)O)c(C)cc1N=Nc1c(S(=O)(=O)O)cc2cc(C)c(I)c(N)c2c1O. The maximum absolute atomic E-state index is 12.7. The second-order valence-corrected chi connectivity index (χ2v) is 13.8. The maximum Gasteiger partial charge on any atom is 0.397 e. The fourth-order valence-corrected chi connectivity index (χ4v) is 6.50. The minimum Gasteiger partial charge on any atom is -0.505 e. The van der Waals surface area contributed by atoms with Crippen molar-refractivity contribution in [3.63, 3.8) is 0 Å². The van der Waals surface area contributed by atoms with E-state index in [1.165, 1.54) is 20.1 Å². The van der Waals surface area contributed by atoms with Crippen molar-refractivity contribution in [3.05, 3.63) is 39.0 Å². The molecule has 0 saturated heterocycles. The third kappa shape index (κ3) is 6.76. The average Bonchev–Trinajstić information content (AvgIpc) is 2.79. The van der Waals surface area contributed by atoms with Crippen molar-refractivity contribution in [2.75, 3.05) is 25.2 Å². The van der Waals surface area contributed by atoms with Gasteiger partial charge in [0.1, 0.15) is 22.0 Å². The van der Waals surface area contributed by atoms with Gasteiger partial charge in [0.2, 0.25) is 0 Å². The number of azo groups is 1. The molecule has 0 aliphatic carbocycles. The highest BCUT2D eigenvalue weighted by atomic mass is 127. The van der Waals surface area contributed by atoms with E-state index in [-0.39, 0.29) is 38.4 Å². The van der Waals surface area contributed by atoms with E-state index < -0.39 is 59.0 Å². The molecule has 0 aromatic heterocycles. The Hall–Kier alpha value is -2.62. The van der Waals surface area contributed by atoms with E-state index in [4.69, 9.17) is 15.0 Å². The molecular weight excluding hydrogens is 693 g/mol. The highest BCUT2D eigenvalue weighted by molar-refractivity contribution is 14.1. The van der Waals surface area contributed by atoms with E-state index >= 15 is 0 Å². The lowest BCUT2D eigenvalue weighted by Crippen LogP contribution is -2.16. The average molecular weight is 716 g/mol. The van der Waals surface area contributed by atoms with Crippen molar-refractivity contribution >= 4 is 80.8 Å². The molecule has 0 fully saturated rings. The lowest BCUT2D eigenvalue weighted by molar-refractivity contribution is 0.284. The number of hydrogen-bond acceptors (Lipinski definition) is 12. The van der Waals surface area contributed by atoms with E-state index in [2.05, 4.69) is 14.4 Å². The van der Waals surface area contributed by atoms with Gasteiger partial charge in [-0.1, -0.05) is 6.07 Å². The summed E-state index contributed by atoms with van der Waals surface area (Å²) in [6.07, 6.45) is 0. The van der Waals surface area contributed by atoms with Gasteiger partial charge in [-0.15, -0.1) is 10.2 Å². The van der Waals surface area contributed by atoms with Crippen LogP contribution in [0.2, 0.25) is 0 Å². The molecule has 0 atom stereocenters. The van der Waals surface area contributed by atoms with Crippen LogP contribution in [-0.2, 0) is 34.5 Å². The van der Waals surface area contributed by atoms with Gasteiger partial charge < -0.3 is 15.6 Å². The molecule has 39 heavy (non-hydrogen) atoms. The molecule has 0 spiro atoms. The molecule has 0 radical (unpaired) electrons. The van der Waals surface area contributed by atoms with Crippen molar-refractivity contribution in [1.29, 1.82) is 0 Å². The van der Waals surface area contributed by atoms with Gasteiger partial charge in [0.15, 0.2) is 15.6 Å². The number of halogens is 1. The van der Waals surface area contributed by atoms with Crippen LogP contribution in [-0.4, -0.2) is 58.9 Å². The highest BCUT2D eigenvalue weighted by Crippen LogP contribution is 2.46. The normalized spacial score (nSPS) is 12.9. The Morgan fingerprint density at radius 2 is 1.59 bits per heavy atom. The summed E-state index contributed by atoms with van der Waals surface area (Å²) in [7, 11) is -12.7. The first-order valence-corrected chi connectivity index (χ1v) is 16.1. The number of phenols is 1. The van der Waals surface area contributed by atoms with Crippen molar-refractivity contribution in [2.45, 2.75) is 23.6 Å². The van der Waals surface area contributed by atoms with E-state index in [1.54, 1.807) is 13.0 Å². The Morgan fingerprint density at radius 3 is 2.15 bits per heavy atom. The van der Waals surface area contributed by atoms with E-state index in [0.717, 1.165) is 12.1 Å². The lowest BCUT2D eigenvalue weighted by Gasteiger charge is -2.14. The fraction of sp³-hybridized carbons (Fsp3) is 0.238. The van der Waals surface area contributed by atoms with Crippen molar-refractivity contribution < 1.29 is 48.4 Å². The number of aromatic hydroxyl groups is 1. The molecule has 212 valence electrons. The van der Waals surface area contributed by atoms with Gasteiger partial charge in [0.05, 0.1) is 30.1 Å². The molecule has 3 aromatic rings. The van der Waals surface area contributed by atoms with Crippen molar-refractivity contribution in [3.8, 4) is 11.5 Å². The van der Waals surface area contributed by atoms with Crippen molar-refractivity contribution in [1.82, 2.24) is 0 Å². The summed E-state index contributed by atoms with van der Waals surface area (Å²) in [5.74, 6) is -1.58. The number of sulfone groups is 1. The Morgan fingerprint density at radius 1 is 0.949 bits per heavy atom. The molecule has 0 bridgehead atoms. The number of rotatable bonds is 9. The van der Waals surface area contributed by atoms with Gasteiger partial charge in [-0.25, -0.2) is 12.6 Å². The number of aryl methyl sites for hydroxylation is 2. The zero-order valence-corrected chi connectivity index (χ0v) is 25.0. The molecule has 3 aromatic carbocycles. The van der Waals surface area contributed by atoms with Crippen LogP contribution in [0.3, 0.4) is 0 Å². The third-order valence-electron chi connectivity index (χ3n) is 5.43. The first-order chi connectivity index (χ1) is 17.9. The highest BCUT2D eigenvalue weighted by Gasteiger charge is 2.25. The Kier molecular flexibility index (Phi) is 8.80. The molecule has 0 aliphatic rings. The summed E-state index contributed by atoms with van der Waals surface area (Å²) in [6.45, 7) is 2.29. The van der Waals surface area contributed by atoms with Crippen LogP contribution in [0.1, 0.15) is 11.1 Å². The zero-order chi connectivity index (χ0) is 29.5. The van der Waals surface area contributed by atoms with Crippen LogP contribution in [0.4, 0.5) is 17.1 Å². The fourth-order valence-electron chi connectivity index (χ4n) is 3.66. The summed E-state index contributed by atoms with van der Waals surface area (Å²) >= 11 is 1.96. The molecule has 0 aliphatic heterocycles. The summed E-state index contributed by atoms with van der Waals surface area (Å²) in [5, 5.41) is 19.0. The first-order valence-electron chi connectivity index (χ1n) is 10.5. The Labute approximate surface area is 237 Å². The van der Waals surface area contributed by atoms with Crippen LogP contribution in [0.25, 0.3) is 10.8 Å². The summed E-state index contributed by atoms with van der Waals surface area (Å²) in [6, 6.07) is 4.99. The van der Waals surface area contributed by atoms with Crippen LogP contribution in [0.5, 0.6) is 11.5 Å². The number of phenolic OH excluding ortho intramolecular Hbond substituents is 1. The van der Waals surface area contributed by atoms with Crippen molar-refractivity contribution in [2.24, 2.45) is 10.2 Å². The summed E-state index contributed by atoms with van der Waals surface area (Å²) in [4.78, 5) is -1.01. The van der Waals surface area contributed by atoms with Gasteiger partial charge in [0.25, 0.3) is 10.1 Å². The topological polar surface area (TPSA) is 232 Å². The lowest BCUT2D eigenvalue weighted by atomic mass is 10.0. The van der Waals surface area contributed by atoms with Gasteiger partial charge >= 0.3 is 10.4 Å². The number of nitrogens with two attached hydrogens (primary N) is 1. The van der Waals surface area contributed by atoms with E-state index in [9.17, 15) is 34.9 Å². The van der Waals surface area contributed by atoms with E-state index in [1.807, 2.05) is 22.6 Å². The molecule has 3 rings (SSSR count). The monoisotopic (exact) mass is 715 g/mol. The Balaban J connectivity index is 2.16. The molecule has 14 nitrogen and oxygen atoms in total. The maximum atomic E-state index is 12.7. The van der Waals surface area contributed by atoms with Gasteiger partial charge in [-0.05, 0) is 65.1 Å². The summed E-state index contributed by atoms with van der Waals surface area (Å²) < 4.78 is 99.4. The Bertz CT molecular complexity index is 1840. The quantitative estimate of drug-likeness (QED) is 0.108. The number of methoxy groups -OCH3 is 1. The van der Waals surface area contributed by atoms with E-state index in [0.29, 0.717) is 9.13 Å². The van der Waals surface area contributed by atoms with Gasteiger partial charge in [0, 0.05) is 15.0 Å². The molecule has 0 heterocycles. The predicted molar refractivity (Wildman–Crippen MR) is 149 cm³/mol. The number of hydrogen-bond donors (Lipinski definition) is 4. The molecule has 18 heteroatoms. The number of ether oxygens (including phenoxy) is 1. The van der Waals surface area contributed by atoms with Crippen LogP contribution in [0, 0.1) is 17.4 Å². The van der Waals surface area contributed by atoms with Crippen LogP contribution in [0.15, 0.2) is 44.3 Å². The standard InChI is InChI=1S/C21H22IN3O11S3/c1-10-7-13(14(35-3)9-15(10)37(27,28)5-4-36-39(32,33)34)24-25-20-16(38(29,30)31)8-12-6-11(2)18(22)19(23)17(12)21(20)26/h6-9,26H,4-5,23H2,1-3H3,(H,29,30,31)(H,32,33,34). The largest absolute Gasteiger partial charge is 0.505 e. The number of anilines is 1. The summed E-state index contributed by atoms with van der Waals surface area (Å²) in [5.41, 5.74) is 6.45. The molecular formula is C21H22IN3O11S3. The number of nitrogens with zero attached hydrogens (tertiary/aromatic N) is 2. The number of benzene rings is 3. The zero-order valence-electron chi connectivity index (χ0n) is 20.4. The number of nitrogen functional groups attached to an aromatic ring is 1. The first kappa shape index (κ1) is 30.9. The molecule has 0 unspecified atom stereocenters. The molecule has 5 N–H and O–H groups in total. The van der Waals surface area contributed by atoms with Crippen LogP contribution < -0.4 is 10.5 Å². The molecule has 0 amide bonds.